The van der Waals surface area contributed by atoms with Crippen molar-refractivity contribution in [3.63, 3.8) is 0 Å². The summed E-state index contributed by atoms with van der Waals surface area (Å²) < 4.78 is 5.55. The fourth-order valence-electron chi connectivity index (χ4n) is 2.02. The number of carboxylic acid groups (broad SMARTS) is 1. The highest BCUT2D eigenvalue weighted by molar-refractivity contribution is 5.76. The molecule has 1 aromatic carbocycles. The molecule has 5 nitrogen and oxygen atoms in total. The van der Waals surface area contributed by atoms with Gasteiger partial charge in [-0.3, -0.25) is 9.59 Å². The van der Waals surface area contributed by atoms with E-state index in [1.807, 2.05) is 26.0 Å². The lowest BCUT2D eigenvalue weighted by Gasteiger charge is -2.11. The molecule has 2 N–H and O–H groups in total. The third kappa shape index (κ3) is 7.34. The van der Waals surface area contributed by atoms with Gasteiger partial charge in [0.15, 0.2) is 0 Å². The number of hydrogen-bond donors (Lipinski definition) is 2. The van der Waals surface area contributed by atoms with Crippen molar-refractivity contribution in [3.05, 3.63) is 29.3 Å². The summed E-state index contributed by atoms with van der Waals surface area (Å²) in [7, 11) is 0. The lowest BCUT2D eigenvalue weighted by Crippen LogP contribution is -2.30. The smallest absolute Gasteiger partial charge is 0.303 e. The minimum Gasteiger partial charge on any atom is -0.493 e. The first-order valence-corrected chi connectivity index (χ1v) is 7.06. The second-order valence-corrected chi connectivity index (χ2v) is 5.43. The summed E-state index contributed by atoms with van der Waals surface area (Å²) in [5, 5.41) is 11.3. The third-order valence-corrected chi connectivity index (χ3v) is 2.96. The number of amides is 1. The first kappa shape index (κ1) is 17.0. The molecule has 0 bridgehead atoms. The molecule has 1 rings (SSSR count). The van der Waals surface area contributed by atoms with Gasteiger partial charge in [0, 0.05) is 13.0 Å². The van der Waals surface area contributed by atoms with E-state index in [4.69, 9.17) is 9.84 Å². The Morgan fingerprint density at radius 2 is 1.86 bits per heavy atom. The molecule has 0 heterocycles. The highest BCUT2D eigenvalue weighted by Crippen LogP contribution is 2.16. The molecular weight excluding hydrogens is 270 g/mol. The monoisotopic (exact) mass is 293 g/mol. The molecule has 0 spiro atoms. The summed E-state index contributed by atoms with van der Waals surface area (Å²) in [5.41, 5.74) is 2.24. The van der Waals surface area contributed by atoms with E-state index in [-0.39, 0.29) is 24.7 Å². The van der Waals surface area contributed by atoms with Crippen molar-refractivity contribution in [2.75, 3.05) is 13.2 Å². The summed E-state index contributed by atoms with van der Waals surface area (Å²) in [6.07, 6.45) is 0.312. The number of rotatable bonds is 8. The number of aryl methyl sites for hydroxylation is 2. The van der Waals surface area contributed by atoms with E-state index in [0.717, 1.165) is 16.9 Å². The van der Waals surface area contributed by atoms with Crippen molar-refractivity contribution >= 4 is 11.9 Å². The molecule has 1 unspecified atom stereocenters. The third-order valence-electron chi connectivity index (χ3n) is 2.96. The molecule has 0 aliphatic carbocycles. The van der Waals surface area contributed by atoms with E-state index in [2.05, 4.69) is 11.4 Å². The molecule has 0 aliphatic heterocycles. The Balaban J connectivity index is 2.25. The van der Waals surface area contributed by atoms with Gasteiger partial charge in [0.1, 0.15) is 5.75 Å². The number of nitrogens with one attached hydrogen (secondary N) is 1. The zero-order chi connectivity index (χ0) is 15.8. The van der Waals surface area contributed by atoms with Gasteiger partial charge in [0.2, 0.25) is 5.91 Å². The van der Waals surface area contributed by atoms with Crippen LogP contribution in [0.3, 0.4) is 0 Å². The average Bonchev–Trinajstić information content (AvgIpc) is 2.34. The van der Waals surface area contributed by atoms with Gasteiger partial charge in [-0.25, -0.2) is 0 Å². The highest BCUT2D eigenvalue weighted by Gasteiger charge is 2.09. The van der Waals surface area contributed by atoms with E-state index >= 15 is 0 Å². The molecule has 116 valence electrons. The molecule has 0 saturated heterocycles. The Kier molecular flexibility index (Phi) is 6.72. The van der Waals surface area contributed by atoms with Crippen molar-refractivity contribution in [1.29, 1.82) is 0 Å². The Bertz CT molecular complexity index is 479. The topological polar surface area (TPSA) is 75.6 Å². The molecule has 1 amide bonds. The minimum absolute atomic E-state index is 0.0549. The van der Waals surface area contributed by atoms with Crippen LogP contribution >= 0.6 is 0 Å². The summed E-state index contributed by atoms with van der Waals surface area (Å²) in [4.78, 5) is 22.1. The zero-order valence-electron chi connectivity index (χ0n) is 12.8. The van der Waals surface area contributed by atoms with Gasteiger partial charge in [-0.1, -0.05) is 13.0 Å². The van der Waals surface area contributed by atoms with Crippen LogP contribution in [-0.2, 0) is 9.59 Å². The fourth-order valence-corrected chi connectivity index (χ4v) is 2.02. The second-order valence-electron chi connectivity index (χ2n) is 5.43. The number of ether oxygens (including phenoxy) is 1. The number of carboxylic acids is 1. The van der Waals surface area contributed by atoms with Crippen molar-refractivity contribution in [1.82, 2.24) is 5.32 Å². The minimum atomic E-state index is -0.852. The van der Waals surface area contributed by atoms with Crippen LogP contribution in [0.1, 0.15) is 30.9 Å². The van der Waals surface area contributed by atoms with Crippen LogP contribution in [-0.4, -0.2) is 30.1 Å². The quantitative estimate of drug-likeness (QED) is 0.771. The fraction of sp³-hybridized carbons (Fsp3) is 0.500. The maximum atomic E-state index is 11.6. The van der Waals surface area contributed by atoms with E-state index in [9.17, 15) is 9.59 Å². The highest BCUT2D eigenvalue weighted by atomic mass is 16.5. The standard InChI is InChI=1S/C16H23NO4/c1-11-6-12(2)8-14(7-11)21-5-4-15(18)17-10-13(3)9-16(19)20/h6-8,13H,4-5,9-10H2,1-3H3,(H,17,18)(H,19,20). The maximum Gasteiger partial charge on any atom is 0.303 e. The van der Waals surface area contributed by atoms with E-state index in [0.29, 0.717) is 13.2 Å². The molecule has 1 aromatic rings. The lowest BCUT2D eigenvalue weighted by atomic mass is 10.1. The number of aliphatic carboxylic acids is 1. The van der Waals surface area contributed by atoms with Crippen LogP contribution < -0.4 is 10.1 Å². The van der Waals surface area contributed by atoms with E-state index < -0.39 is 5.97 Å². The molecule has 0 aliphatic rings. The SMILES string of the molecule is Cc1cc(C)cc(OCCC(=O)NCC(C)CC(=O)O)c1. The Hall–Kier alpha value is -2.04. The molecular formula is C16H23NO4. The van der Waals surface area contributed by atoms with E-state index in [1.54, 1.807) is 6.92 Å². The van der Waals surface area contributed by atoms with Crippen molar-refractivity contribution in [3.8, 4) is 5.75 Å². The van der Waals surface area contributed by atoms with Crippen molar-refractivity contribution < 1.29 is 19.4 Å². The molecule has 0 saturated carbocycles. The first-order valence-electron chi connectivity index (χ1n) is 7.06. The summed E-state index contributed by atoms with van der Waals surface area (Å²) in [6.45, 7) is 6.46. The van der Waals surface area contributed by atoms with Gasteiger partial charge >= 0.3 is 5.97 Å². The number of benzene rings is 1. The molecule has 0 radical (unpaired) electrons. The largest absolute Gasteiger partial charge is 0.493 e. The lowest BCUT2D eigenvalue weighted by molar-refractivity contribution is -0.138. The van der Waals surface area contributed by atoms with Crippen LogP contribution in [0, 0.1) is 19.8 Å². The number of carbonyl (C=O) groups is 2. The van der Waals surface area contributed by atoms with Crippen molar-refractivity contribution in [2.45, 2.75) is 33.6 Å². The van der Waals surface area contributed by atoms with Gasteiger partial charge in [0.25, 0.3) is 0 Å². The molecule has 0 aromatic heterocycles. The average molecular weight is 293 g/mol. The van der Waals surface area contributed by atoms with Gasteiger partial charge in [-0.05, 0) is 43.0 Å². The summed E-state index contributed by atoms with van der Waals surface area (Å²) in [5.74, 6) is -0.294. The molecule has 5 heteroatoms. The van der Waals surface area contributed by atoms with Crippen LogP contribution in [0.5, 0.6) is 5.75 Å². The van der Waals surface area contributed by atoms with Gasteiger partial charge in [-0.15, -0.1) is 0 Å². The maximum absolute atomic E-state index is 11.6. The molecule has 21 heavy (non-hydrogen) atoms. The van der Waals surface area contributed by atoms with Crippen LogP contribution in [0.25, 0.3) is 0 Å². The Morgan fingerprint density at radius 3 is 2.43 bits per heavy atom. The molecule has 1 atom stereocenters. The predicted octanol–water partition coefficient (Wildman–Crippen LogP) is 2.30. The Labute approximate surface area is 125 Å². The molecule has 0 fully saturated rings. The van der Waals surface area contributed by atoms with Crippen molar-refractivity contribution in [2.24, 2.45) is 5.92 Å². The predicted molar refractivity (Wildman–Crippen MR) is 80.5 cm³/mol. The van der Waals surface area contributed by atoms with E-state index in [1.165, 1.54) is 0 Å². The number of carbonyl (C=O) groups excluding carboxylic acids is 1. The second kappa shape index (κ2) is 8.29. The summed E-state index contributed by atoms with van der Waals surface area (Å²) >= 11 is 0. The van der Waals surface area contributed by atoms with Gasteiger partial charge < -0.3 is 15.2 Å². The summed E-state index contributed by atoms with van der Waals surface area (Å²) in [6, 6.07) is 5.92. The first-order chi connectivity index (χ1) is 9.86. The zero-order valence-corrected chi connectivity index (χ0v) is 12.8. The number of hydrogen-bond acceptors (Lipinski definition) is 3. The van der Waals surface area contributed by atoms with Gasteiger partial charge in [0.05, 0.1) is 13.0 Å². The normalized spacial score (nSPS) is 11.8. The van der Waals surface area contributed by atoms with Crippen LogP contribution in [0.2, 0.25) is 0 Å². The Morgan fingerprint density at radius 1 is 1.24 bits per heavy atom. The van der Waals surface area contributed by atoms with Crippen LogP contribution in [0.15, 0.2) is 18.2 Å². The van der Waals surface area contributed by atoms with Gasteiger partial charge in [-0.2, -0.15) is 0 Å². The van der Waals surface area contributed by atoms with Crippen LogP contribution in [0.4, 0.5) is 0 Å².